The second-order valence-corrected chi connectivity index (χ2v) is 11.2. The van der Waals surface area contributed by atoms with Gasteiger partial charge in [-0.3, -0.25) is 9.80 Å². The van der Waals surface area contributed by atoms with Gasteiger partial charge in [-0.1, -0.05) is 35.9 Å². The number of hydrazone groups is 1. The second kappa shape index (κ2) is 10.4. The van der Waals surface area contributed by atoms with Crippen molar-refractivity contribution in [3.05, 3.63) is 88.8 Å². The molecule has 1 amide bonds. The molecule has 1 aliphatic rings. The molecule has 1 N–H and O–H groups in total. The fraction of sp³-hybridized carbons (Fsp3) is 0.231. The number of furan rings is 1. The number of nitrogens with zero attached hydrogens (tertiary/aromatic N) is 4. The minimum atomic E-state index is -3.84. The first-order valence-corrected chi connectivity index (χ1v) is 13.5. The molecule has 37 heavy (non-hydrogen) atoms. The summed E-state index contributed by atoms with van der Waals surface area (Å²) in [6.07, 6.45) is 3.40. The third-order valence-corrected chi connectivity index (χ3v) is 8.18. The molecule has 9 nitrogen and oxygen atoms in total. The number of aromatic amines is 1. The van der Waals surface area contributed by atoms with Gasteiger partial charge in [0.15, 0.2) is 0 Å². The molecule has 1 fully saturated rings. The fourth-order valence-corrected chi connectivity index (χ4v) is 5.75. The third-order valence-electron chi connectivity index (χ3n) is 6.18. The lowest BCUT2D eigenvalue weighted by atomic mass is 10.1. The number of aromatic nitrogens is 1. The highest BCUT2D eigenvalue weighted by atomic mass is 35.5. The van der Waals surface area contributed by atoms with Crippen molar-refractivity contribution >= 4 is 44.6 Å². The standard InChI is InChI=1S/C26H26ClN5O4S/c1-30(17-23-3-2-12-36-23)28-15-19-4-6-20(7-5-19)16-31-10-11-32(18-26(31)33)37(34,35)25-14-21-13-22(27)8-9-24(21)29-25/h2-9,12-15,29H,10-11,16-18H2,1H3. The van der Waals surface area contributed by atoms with E-state index in [1.165, 1.54) is 4.31 Å². The van der Waals surface area contributed by atoms with E-state index in [-0.39, 0.29) is 24.0 Å². The molecular weight excluding hydrogens is 514 g/mol. The Hall–Kier alpha value is -3.60. The van der Waals surface area contributed by atoms with Crippen molar-refractivity contribution in [3.63, 3.8) is 0 Å². The number of amides is 1. The Morgan fingerprint density at radius 3 is 2.68 bits per heavy atom. The number of rotatable bonds is 8. The Bertz CT molecular complexity index is 1530. The number of hydrogen-bond donors (Lipinski definition) is 1. The summed E-state index contributed by atoms with van der Waals surface area (Å²) < 4.78 is 32.9. The SMILES string of the molecule is CN(Cc1ccco1)N=Cc1ccc(CN2CCN(S(=O)(=O)c3cc4cc(Cl)ccc4[nH]3)CC2=O)cc1. The van der Waals surface area contributed by atoms with E-state index < -0.39 is 10.0 Å². The average Bonchev–Trinajstić information content (AvgIpc) is 3.54. The lowest BCUT2D eigenvalue weighted by Crippen LogP contribution is -2.51. The number of nitrogens with one attached hydrogen (secondary N) is 1. The van der Waals surface area contributed by atoms with Gasteiger partial charge in [-0.25, -0.2) is 8.42 Å². The van der Waals surface area contributed by atoms with Gasteiger partial charge in [-0.05, 0) is 47.5 Å². The van der Waals surface area contributed by atoms with Gasteiger partial charge in [0, 0.05) is 42.6 Å². The Balaban J connectivity index is 1.18. The number of sulfonamides is 1. The highest BCUT2D eigenvalue weighted by molar-refractivity contribution is 7.89. The number of halogens is 1. The van der Waals surface area contributed by atoms with Crippen LogP contribution in [0.5, 0.6) is 0 Å². The van der Waals surface area contributed by atoms with Gasteiger partial charge in [0.25, 0.3) is 10.0 Å². The van der Waals surface area contributed by atoms with Crippen LogP contribution in [0.4, 0.5) is 0 Å². The Morgan fingerprint density at radius 2 is 1.95 bits per heavy atom. The van der Waals surface area contributed by atoms with E-state index in [4.69, 9.17) is 16.0 Å². The summed E-state index contributed by atoms with van der Waals surface area (Å²) in [4.78, 5) is 17.4. The first kappa shape index (κ1) is 25.1. The van der Waals surface area contributed by atoms with Crippen LogP contribution in [0.15, 0.2) is 81.5 Å². The molecule has 5 rings (SSSR count). The molecule has 2 aromatic carbocycles. The minimum Gasteiger partial charge on any atom is -0.467 e. The maximum atomic E-state index is 13.2. The first-order valence-electron chi connectivity index (χ1n) is 11.7. The number of H-pyrrole nitrogens is 1. The largest absolute Gasteiger partial charge is 0.467 e. The lowest BCUT2D eigenvalue weighted by Gasteiger charge is -2.33. The van der Waals surface area contributed by atoms with Gasteiger partial charge < -0.3 is 14.3 Å². The molecule has 2 aromatic heterocycles. The number of hydrogen-bond acceptors (Lipinski definition) is 6. The number of carbonyl (C=O) groups is 1. The molecule has 4 aromatic rings. The Kier molecular flexibility index (Phi) is 7.05. The van der Waals surface area contributed by atoms with Crippen molar-refractivity contribution in [1.29, 1.82) is 0 Å². The molecule has 192 valence electrons. The smallest absolute Gasteiger partial charge is 0.259 e. The summed E-state index contributed by atoms with van der Waals surface area (Å²) in [5.74, 6) is 0.595. The summed E-state index contributed by atoms with van der Waals surface area (Å²) in [6, 6.07) is 18.2. The van der Waals surface area contributed by atoms with Gasteiger partial charge in [0.1, 0.15) is 10.8 Å². The van der Waals surface area contributed by atoms with E-state index in [1.54, 1.807) is 46.7 Å². The third kappa shape index (κ3) is 5.71. The molecule has 0 bridgehead atoms. The minimum absolute atomic E-state index is 0.0538. The Morgan fingerprint density at radius 1 is 1.14 bits per heavy atom. The molecule has 0 unspecified atom stereocenters. The van der Waals surface area contributed by atoms with Crippen LogP contribution < -0.4 is 0 Å². The second-order valence-electron chi connectivity index (χ2n) is 8.90. The van der Waals surface area contributed by atoms with Crippen molar-refractivity contribution in [3.8, 4) is 0 Å². The van der Waals surface area contributed by atoms with Gasteiger partial charge in [0.2, 0.25) is 5.91 Å². The molecule has 0 saturated carbocycles. The molecule has 0 atom stereocenters. The maximum absolute atomic E-state index is 13.2. The lowest BCUT2D eigenvalue weighted by molar-refractivity contribution is -0.134. The van der Waals surface area contributed by atoms with Gasteiger partial charge in [-0.2, -0.15) is 9.41 Å². The molecule has 11 heteroatoms. The van der Waals surface area contributed by atoms with E-state index >= 15 is 0 Å². The molecule has 1 aliphatic heterocycles. The van der Waals surface area contributed by atoms with Crippen LogP contribution in [-0.4, -0.2) is 66.4 Å². The Labute approximate surface area is 220 Å². The van der Waals surface area contributed by atoms with Crippen LogP contribution >= 0.6 is 11.6 Å². The first-order chi connectivity index (χ1) is 17.8. The monoisotopic (exact) mass is 539 g/mol. The molecular formula is C26H26ClN5O4S. The van der Waals surface area contributed by atoms with Crippen molar-refractivity contribution in [2.45, 2.75) is 18.1 Å². The highest BCUT2D eigenvalue weighted by Gasteiger charge is 2.33. The van der Waals surface area contributed by atoms with Crippen molar-refractivity contribution < 1.29 is 17.6 Å². The van der Waals surface area contributed by atoms with Crippen LogP contribution in [-0.2, 0) is 27.9 Å². The summed E-state index contributed by atoms with van der Waals surface area (Å²) in [5.41, 5.74) is 2.56. The zero-order valence-corrected chi connectivity index (χ0v) is 21.7. The molecule has 0 radical (unpaired) electrons. The molecule has 0 aliphatic carbocycles. The van der Waals surface area contributed by atoms with Crippen molar-refractivity contribution in [2.75, 3.05) is 26.7 Å². The van der Waals surface area contributed by atoms with E-state index in [0.717, 1.165) is 16.9 Å². The van der Waals surface area contributed by atoms with Crippen LogP contribution in [0.25, 0.3) is 10.9 Å². The predicted octanol–water partition coefficient (Wildman–Crippen LogP) is 3.91. The topological polar surface area (TPSA) is 102 Å². The summed E-state index contributed by atoms with van der Waals surface area (Å²) >= 11 is 6.02. The van der Waals surface area contributed by atoms with Gasteiger partial charge >= 0.3 is 0 Å². The average molecular weight is 540 g/mol. The quantitative estimate of drug-likeness (QED) is 0.270. The number of fused-ring (bicyclic) bond motifs is 1. The molecule has 1 saturated heterocycles. The van der Waals surface area contributed by atoms with E-state index in [2.05, 4.69) is 10.1 Å². The highest BCUT2D eigenvalue weighted by Crippen LogP contribution is 2.25. The fourth-order valence-electron chi connectivity index (χ4n) is 4.18. The predicted molar refractivity (Wildman–Crippen MR) is 142 cm³/mol. The zero-order valence-electron chi connectivity index (χ0n) is 20.2. The van der Waals surface area contributed by atoms with Crippen LogP contribution in [0, 0.1) is 0 Å². The van der Waals surface area contributed by atoms with Crippen LogP contribution in [0.3, 0.4) is 0 Å². The van der Waals surface area contributed by atoms with Crippen LogP contribution in [0.1, 0.15) is 16.9 Å². The van der Waals surface area contributed by atoms with E-state index in [0.29, 0.717) is 35.6 Å². The number of carbonyl (C=O) groups excluding carboxylic acids is 1. The van der Waals surface area contributed by atoms with E-state index in [9.17, 15) is 13.2 Å². The van der Waals surface area contributed by atoms with Gasteiger partial charge in [0.05, 0.1) is 25.6 Å². The summed E-state index contributed by atoms with van der Waals surface area (Å²) in [7, 11) is -1.97. The zero-order chi connectivity index (χ0) is 26.0. The normalized spacial score (nSPS) is 15.2. The summed E-state index contributed by atoms with van der Waals surface area (Å²) in [6.45, 7) is 1.31. The van der Waals surface area contributed by atoms with Crippen molar-refractivity contribution in [1.82, 2.24) is 19.2 Å². The molecule has 3 heterocycles. The van der Waals surface area contributed by atoms with E-state index in [1.807, 2.05) is 43.4 Å². The summed E-state index contributed by atoms with van der Waals surface area (Å²) in [5, 5.41) is 7.48. The maximum Gasteiger partial charge on any atom is 0.259 e. The van der Waals surface area contributed by atoms with Crippen LogP contribution in [0.2, 0.25) is 5.02 Å². The number of piperazine rings is 1. The molecule has 0 spiro atoms. The number of benzene rings is 2. The van der Waals surface area contributed by atoms with Crippen molar-refractivity contribution in [2.24, 2.45) is 5.10 Å². The van der Waals surface area contributed by atoms with Gasteiger partial charge in [-0.15, -0.1) is 0 Å².